The largest absolute Gasteiger partial charge is 0.316 e. The molecule has 2 nitrogen and oxygen atoms in total. The molecular weight excluding hydrogens is 184 g/mol. The van der Waals surface area contributed by atoms with Crippen LogP contribution in [-0.4, -0.2) is 37.6 Å². The van der Waals surface area contributed by atoms with Gasteiger partial charge in [-0.15, -0.1) is 0 Å². The summed E-state index contributed by atoms with van der Waals surface area (Å²) in [6.45, 7) is 8.86. The fourth-order valence-electron chi connectivity index (χ4n) is 4.47. The van der Waals surface area contributed by atoms with Crippen LogP contribution in [0, 0.1) is 17.3 Å². The first kappa shape index (κ1) is 10.1. The molecule has 2 heteroatoms. The number of rotatable bonds is 1. The molecule has 2 saturated heterocycles. The van der Waals surface area contributed by atoms with Crippen LogP contribution >= 0.6 is 0 Å². The van der Waals surface area contributed by atoms with Crippen LogP contribution in [0.4, 0.5) is 0 Å². The lowest BCUT2D eigenvalue weighted by atomic mass is 9.60. The summed E-state index contributed by atoms with van der Waals surface area (Å²) < 4.78 is 0. The van der Waals surface area contributed by atoms with E-state index in [1.165, 1.54) is 58.4 Å². The first-order valence-corrected chi connectivity index (χ1v) is 6.78. The molecule has 3 aliphatic rings. The molecule has 0 amide bonds. The lowest BCUT2D eigenvalue weighted by Gasteiger charge is -2.55. The highest BCUT2D eigenvalue weighted by Gasteiger charge is 2.51. The topological polar surface area (TPSA) is 15.3 Å². The molecule has 2 aliphatic heterocycles. The van der Waals surface area contributed by atoms with Crippen LogP contribution in [0.3, 0.4) is 0 Å². The monoisotopic (exact) mass is 208 g/mol. The molecule has 86 valence electrons. The first-order chi connectivity index (χ1) is 7.35. The molecule has 1 N–H and O–H groups in total. The lowest BCUT2D eigenvalue weighted by molar-refractivity contribution is -0.0433. The molecule has 1 saturated carbocycles. The van der Waals surface area contributed by atoms with Crippen molar-refractivity contribution in [2.75, 3.05) is 32.7 Å². The predicted octanol–water partition coefficient (Wildman–Crippen LogP) is 1.72. The van der Waals surface area contributed by atoms with Gasteiger partial charge in [0.05, 0.1) is 0 Å². The van der Waals surface area contributed by atoms with Gasteiger partial charge in [0.15, 0.2) is 0 Å². The predicted molar refractivity (Wildman–Crippen MR) is 62.9 cm³/mol. The quantitative estimate of drug-likeness (QED) is 0.706. The summed E-state index contributed by atoms with van der Waals surface area (Å²) in [5, 5.41) is 3.66. The molecule has 0 aromatic carbocycles. The second-order valence-electron chi connectivity index (χ2n) is 5.84. The van der Waals surface area contributed by atoms with Crippen molar-refractivity contribution in [3.63, 3.8) is 0 Å². The number of nitrogens with zero attached hydrogens (tertiary/aromatic N) is 1. The molecule has 0 radical (unpaired) electrons. The van der Waals surface area contributed by atoms with Crippen LogP contribution < -0.4 is 5.32 Å². The SMILES string of the molecule is CCN1CC2CNCC(C1)C21CCCC1. The smallest absolute Gasteiger partial charge is 0.00273 e. The Kier molecular flexibility index (Phi) is 2.52. The number of likely N-dealkylation sites (tertiary alicyclic amines) is 1. The maximum absolute atomic E-state index is 3.66. The van der Waals surface area contributed by atoms with Gasteiger partial charge in [0.2, 0.25) is 0 Å². The molecule has 0 aromatic rings. The Labute approximate surface area is 93.4 Å². The van der Waals surface area contributed by atoms with Crippen LogP contribution in [0.2, 0.25) is 0 Å². The number of nitrogens with one attached hydrogen (secondary N) is 1. The summed E-state index contributed by atoms with van der Waals surface area (Å²) in [4.78, 5) is 2.68. The van der Waals surface area contributed by atoms with Crippen molar-refractivity contribution in [1.82, 2.24) is 10.2 Å². The minimum Gasteiger partial charge on any atom is -0.316 e. The maximum atomic E-state index is 3.66. The second-order valence-corrected chi connectivity index (χ2v) is 5.84. The molecule has 1 spiro atoms. The van der Waals surface area contributed by atoms with Gasteiger partial charge < -0.3 is 10.2 Å². The molecule has 2 heterocycles. The number of hydrogen-bond acceptors (Lipinski definition) is 2. The van der Waals surface area contributed by atoms with Crippen molar-refractivity contribution in [2.45, 2.75) is 32.6 Å². The summed E-state index contributed by atoms with van der Waals surface area (Å²) in [7, 11) is 0. The third-order valence-electron chi connectivity index (χ3n) is 5.35. The molecule has 1 aliphatic carbocycles. The molecule has 15 heavy (non-hydrogen) atoms. The molecular formula is C13H24N2. The van der Waals surface area contributed by atoms with E-state index in [1.54, 1.807) is 0 Å². The average molecular weight is 208 g/mol. The zero-order valence-corrected chi connectivity index (χ0v) is 9.97. The Morgan fingerprint density at radius 2 is 1.73 bits per heavy atom. The fourth-order valence-corrected chi connectivity index (χ4v) is 4.47. The lowest BCUT2D eigenvalue weighted by Crippen LogP contribution is -2.61. The van der Waals surface area contributed by atoms with Crippen molar-refractivity contribution in [2.24, 2.45) is 17.3 Å². The van der Waals surface area contributed by atoms with Crippen molar-refractivity contribution in [1.29, 1.82) is 0 Å². The number of piperidine rings is 2. The summed E-state index contributed by atoms with van der Waals surface area (Å²) >= 11 is 0. The highest BCUT2D eigenvalue weighted by molar-refractivity contribution is 5.04. The van der Waals surface area contributed by atoms with E-state index in [-0.39, 0.29) is 0 Å². The van der Waals surface area contributed by atoms with Crippen LogP contribution in [0.15, 0.2) is 0 Å². The van der Waals surface area contributed by atoms with E-state index in [4.69, 9.17) is 0 Å². The third kappa shape index (κ3) is 1.45. The van der Waals surface area contributed by atoms with E-state index in [0.717, 1.165) is 17.3 Å². The van der Waals surface area contributed by atoms with Crippen molar-refractivity contribution >= 4 is 0 Å². The molecule has 0 aromatic heterocycles. The van der Waals surface area contributed by atoms with E-state index in [9.17, 15) is 0 Å². The van der Waals surface area contributed by atoms with Crippen molar-refractivity contribution in [3.05, 3.63) is 0 Å². The maximum Gasteiger partial charge on any atom is 0.00273 e. The number of hydrogen-bond donors (Lipinski definition) is 1. The minimum absolute atomic E-state index is 0.761. The van der Waals surface area contributed by atoms with Crippen LogP contribution in [0.25, 0.3) is 0 Å². The first-order valence-electron chi connectivity index (χ1n) is 6.78. The zero-order chi connectivity index (χ0) is 10.3. The second kappa shape index (κ2) is 3.74. The molecule has 3 rings (SSSR count). The summed E-state index contributed by atoms with van der Waals surface area (Å²) in [6, 6.07) is 0. The van der Waals surface area contributed by atoms with Crippen LogP contribution in [0.1, 0.15) is 32.6 Å². The van der Waals surface area contributed by atoms with E-state index in [0.29, 0.717) is 0 Å². The molecule has 3 fully saturated rings. The highest BCUT2D eigenvalue weighted by atomic mass is 15.2. The van der Waals surface area contributed by atoms with Crippen LogP contribution in [0.5, 0.6) is 0 Å². The average Bonchev–Trinajstić information content (AvgIpc) is 2.67. The Balaban J connectivity index is 1.84. The Morgan fingerprint density at radius 3 is 2.27 bits per heavy atom. The molecule has 2 bridgehead atoms. The van der Waals surface area contributed by atoms with Crippen molar-refractivity contribution < 1.29 is 0 Å². The standard InChI is InChI=1S/C13H24N2/c1-2-15-9-11-7-14-8-12(10-15)13(11)5-3-4-6-13/h11-12,14H,2-10H2,1H3. The van der Waals surface area contributed by atoms with Gasteiger partial charge in [-0.05, 0) is 49.7 Å². The van der Waals surface area contributed by atoms with E-state index in [2.05, 4.69) is 17.1 Å². The Hall–Kier alpha value is -0.0800. The zero-order valence-electron chi connectivity index (χ0n) is 9.97. The van der Waals surface area contributed by atoms with E-state index >= 15 is 0 Å². The molecule has 2 unspecified atom stereocenters. The van der Waals surface area contributed by atoms with E-state index < -0.39 is 0 Å². The van der Waals surface area contributed by atoms with Gasteiger partial charge in [-0.1, -0.05) is 19.8 Å². The minimum atomic E-state index is 0.761. The van der Waals surface area contributed by atoms with Crippen LogP contribution in [-0.2, 0) is 0 Å². The summed E-state index contributed by atoms with van der Waals surface area (Å²) in [5.41, 5.74) is 0.761. The third-order valence-corrected chi connectivity index (χ3v) is 5.35. The van der Waals surface area contributed by atoms with Gasteiger partial charge in [0.25, 0.3) is 0 Å². The van der Waals surface area contributed by atoms with Gasteiger partial charge in [0, 0.05) is 13.1 Å². The van der Waals surface area contributed by atoms with Gasteiger partial charge in [-0.2, -0.15) is 0 Å². The van der Waals surface area contributed by atoms with Gasteiger partial charge >= 0.3 is 0 Å². The highest BCUT2D eigenvalue weighted by Crippen LogP contribution is 2.53. The molecule has 2 atom stereocenters. The Morgan fingerprint density at radius 1 is 1.13 bits per heavy atom. The van der Waals surface area contributed by atoms with Gasteiger partial charge in [-0.3, -0.25) is 0 Å². The normalized spacial score (nSPS) is 39.8. The van der Waals surface area contributed by atoms with E-state index in [1.807, 2.05) is 0 Å². The summed E-state index contributed by atoms with van der Waals surface area (Å²) in [6.07, 6.45) is 6.06. The van der Waals surface area contributed by atoms with Gasteiger partial charge in [-0.25, -0.2) is 0 Å². The summed E-state index contributed by atoms with van der Waals surface area (Å²) in [5.74, 6) is 1.90. The fraction of sp³-hybridized carbons (Fsp3) is 1.00. The Bertz CT molecular complexity index is 217. The van der Waals surface area contributed by atoms with Gasteiger partial charge in [0.1, 0.15) is 0 Å². The van der Waals surface area contributed by atoms with Crippen molar-refractivity contribution in [3.8, 4) is 0 Å².